The third-order valence-electron chi connectivity index (χ3n) is 4.60. The fourth-order valence-electron chi connectivity index (χ4n) is 3.27. The highest BCUT2D eigenvalue weighted by Crippen LogP contribution is 2.33. The molecule has 2 heterocycles. The van der Waals surface area contributed by atoms with Crippen molar-refractivity contribution in [3.8, 4) is 5.69 Å². The normalized spacial score (nSPS) is 15.9. The number of piperazine rings is 1. The van der Waals surface area contributed by atoms with Crippen LogP contribution in [0.1, 0.15) is 19.4 Å². The lowest BCUT2D eigenvalue weighted by Gasteiger charge is -2.35. The minimum Gasteiger partial charge on any atom is -0.322 e. The Labute approximate surface area is 161 Å². The molecule has 1 aromatic heterocycles. The minimum atomic E-state index is -4.50. The maximum absolute atomic E-state index is 13.1. The zero-order valence-electron chi connectivity index (χ0n) is 15.9. The largest absolute Gasteiger partial charge is 0.416 e. The van der Waals surface area contributed by atoms with Crippen LogP contribution in [-0.2, 0) is 6.18 Å². The molecule has 0 spiro atoms. The Morgan fingerprint density at radius 1 is 1.21 bits per heavy atom. The van der Waals surface area contributed by atoms with Crippen molar-refractivity contribution in [2.75, 3.05) is 38.0 Å². The Bertz CT molecular complexity index is 796. The van der Waals surface area contributed by atoms with Crippen molar-refractivity contribution in [3.63, 3.8) is 0 Å². The summed E-state index contributed by atoms with van der Waals surface area (Å²) >= 11 is 0. The van der Waals surface area contributed by atoms with Crippen LogP contribution in [0.2, 0.25) is 0 Å². The highest BCUT2D eigenvalue weighted by molar-refractivity contribution is 5.91. The van der Waals surface area contributed by atoms with E-state index in [9.17, 15) is 18.0 Å². The van der Waals surface area contributed by atoms with Crippen molar-refractivity contribution in [1.29, 1.82) is 0 Å². The molecule has 28 heavy (non-hydrogen) atoms. The predicted molar refractivity (Wildman–Crippen MR) is 100 cm³/mol. The Hall–Kier alpha value is -2.55. The van der Waals surface area contributed by atoms with Gasteiger partial charge in [0.2, 0.25) is 0 Å². The summed E-state index contributed by atoms with van der Waals surface area (Å²) in [7, 11) is 0. The van der Waals surface area contributed by atoms with Crippen molar-refractivity contribution >= 4 is 11.7 Å². The van der Waals surface area contributed by atoms with Gasteiger partial charge >= 0.3 is 12.2 Å². The minimum absolute atomic E-state index is 0.0770. The quantitative estimate of drug-likeness (QED) is 0.859. The molecule has 1 aliphatic heterocycles. The van der Waals surface area contributed by atoms with E-state index < -0.39 is 17.8 Å². The molecule has 2 aromatic rings. The van der Waals surface area contributed by atoms with Gasteiger partial charge in [0.05, 0.1) is 16.9 Å². The van der Waals surface area contributed by atoms with Gasteiger partial charge in [0, 0.05) is 45.1 Å². The molecule has 0 radical (unpaired) electrons. The number of rotatable bonds is 4. The Morgan fingerprint density at radius 2 is 1.93 bits per heavy atom. The van der Waals surface area contributed by atoms with E-state index in [0.29, 0.717) is 24.7 Å². The van der Waals surface area contributed by atoms with Gasteiger partial charge in [-0.1, -0.05) is 13.8 Å². The maximum atomic E-state index is 13.1. The van der Waals surface area contributed by atoms with Gasteiger partial charge in [-0.25, -0.2) is 9.48 Å². The molecule has 9 heteroatoms. The Balaban J connectivity index is 1.76. The van der Waals surface area contributed by atoms with Gasteiger partial charge in [-0.3, -0.25) is 4.90 Å². The van der Waals surface area contributed by atoms with Gasteiger partial charge < -0.3 is 10.2 Å². The van der Waals surface area contributed by atoms with Crippen LogP contribution < -0.4 is 5.32 Å². The lowest BCUT2D eigenvalue weighted by Crippen LogP contribution is -2.50. The number of nitrogens with one attached hydrogen (secondary N) is 1. The van der Waals surface area contributed by atoms with Crippen LogP contribution in [0.5, 0.6) is 0 Å². The van der Waals surface area contributed by atoms with E-state index in [1.165, 1.54) is 16.9 Å². The van der Waals surface area contributed by atoms with Crippen LogP contribution in [0.4, 0.5) is 23.7 Å². The number of nitrogens with zero attached hydrogens (tertiary/aromatic N) is 4. The monoisotopic (exact) mass is 395 g/mol. The van der Waals surface area contributed by atoms with Gasteiger partial charge in [0.15, 0.2) is 0 Å². The fraction of sp³-hybridized carbons (Fsp3) is 0.474. The van der Waals surface area contributed by atoms with Gasteiger partial charge in [-0.15, -0.1) is 0 Å². The number of anilines is 1. The molecule has 1 saturated heterocycles. The number of carbonyl (C=O) groups excluding carboxylic acids is 1. The van der Waals surface area contributed by atoms with Crippen LogP contribution in [0, 0.1) is 5.92 Å². The van der Waals surface area contributed by atoms with Crippen LogP contribution in [0.25, 0.3) is 5.69 Å². The van der Waals surface area contributed by atoms with Crippen molar-refractivity contribution in [2.24, 2.45) is 5.92 Å². The second-order valence-electron chi connectivity index (χ2n) is 7.29. The molecule has 1 aromatic carbocycles. The Morgan fingerprint density at radius 3 is 2.50 bits per heavy atom. The molecule has 0 unspecified atom stereocenters. The van der Waals surface area contributed by atoms with E-state index in [2.05, 4.69) is 29.2 Å². The second kappa shape index (κ2) is 8.22. The number of amides is 2. The number of halogens is 3. The number of hydrogen-bond acceptors (Lipinski definition) is 3. The molecule has 1 N–H and O–H groups in total. The number of urea groups is 1. The fourth-order valence-corrected chi connectivity index (χ4v) is 3.27. The first-order valence-corrected chi connectivity index (χ1v) is 9.23. The van der Waals surface area contributed by atoms with Gasteiger partial charge in [0.1, 0.15) is 0 Å². The van der Waals surface area contributed by atoms with Crippen molar-refractivity contribution in [3.05, 3.63) is 42.2 Å². The number of alkyl halides is 3. The number of aromatic nitrogens is 2. The van der Waals surface area contributed by atoms with Crippen molar-refractivity contribution in [2.45, 2.75) is 20.0 Å². The number of hydrogen-bond donors (Lipinski definition) is 1. The first-order valence-electron chi connectivity index (χ1n) is 9.23. The molecule has 0 bridgehead atoms. The zero-order valence-corrected chi connectivity index (χ0v) is 15.9. The lowest BCUT2D eigenvalue weighted by atomic mass is 10.1. The van der Waals surface area contributed by atoms with E-state index in [0.717, 1.165) is 31.8 Å². The molecule has 1 fully saturated rings. The first-order chi connectivity index (χ1) is 13.2. The molecular weight excluding hydrogens is 371 g/mol. The molecule has 0 aliphatic carbocycles. The second-order valence-corrected chi connectivity index (χ2v) is 7.29. The number of carbonyl (C=O) groups is 1. The van der Waals surface area contributed by atoms with E-state index in [-0.39, 0.29) is 5.69 Å². The summed E-state index contributed by atoms with van der Waals surface area (Å²) in [6, 6.07) is 4.50. The number of benzene rings is 1. The van der Waals surface area contributed by atoms with E-state index in [1.54, 1.807) is 17.2 Å². The summed E-state index contributed by atoms with van der Waals surface area (Å²) in [5.41, 5.74) is -0.363. The maximum Gasteiger partial charge on any atom is 0.416 e. The summed E-state index contributed by atoms with van der Waals surface area (Å²) < 4.78 is 40.8. The average molecular weight is 395 g/mol. The molecular formula is C19H24F3N5O. The standard InChI is InChI=1S/C19H24F3N5O/c1-14(2)13-25-8-10-26(11-9-25)18(28)24-16-12-15(19(20,21)22)4-5-17(16)27-7-3-6-23-27/h3-7,12,14H,8-11,13H2,1-2H3,(H,24,28). The SMILES string of the molecule is CC(C)CN1CCN(C(=O)Nc2cc(C(F)(F)F)ccc2-n2cccn2)CC1. The smallest absolute Gasteiger partial charge is 0.322 e. The van der Waals surface area contributed by atoms with Crippen LogP contribution in [-0.4, -0.2) is 58.3 Å². The van der Waals surface area contributed by atoms with Gasteiger partial charge in [-0.05, 0) is 30.2 Å². The molecule has 3 rings (SSSR count). The molecule has 152 valence electrons. The molecule has 2 amide bonds. The predicted octanol–water partition coefficient (Wildman–Crippen LogP) is 3.70. The Kier molecular flexibility index (Phi) is 5.93. The lowest BCUT2D eigenvalue weighted by molar-refractivity contribution is -0.137. The molecule has 1 aliphatic rings. The highest BCUT2D eigenvalue weighted by atomic mass is 19.4. The first kappa shape index (κ1) is 20.2. The zero-order chi connectivity index (χ0) is 20.3. The molecule has 0 atom stereocenters. The van der Waals surface area contributed by atoms with E-state index >= 15 is 0 Å². The van der Waals surface area contributed by atoms with Crippen LogP contribution >= 0.6 is 0 Å². The van der Waals surface area contributed by atoms with E-state index in [1.807, 2.05) is 0 Å². The summed E-state index contributed by atoms with van der Waals surface area (Å²) in [5, 5.41) is 6.70. The van der Waals surface area contributed by atoms with Crippen molar-refractivity contribution < 1.29 is 18.0 Å². The van der Waals surface area contributed by atoms with Gasteiger partial charge in [0.25, 0.3) is 0 Å². The summed E-state index contributed by atoms with van der Waals surface area (Å²) in [5.74, 6) is 0.544. The van der Waals surface area contributed by atoms with Crippen LogP contribution in [0.15, 0.2) is 36.7 Å². The van der Waals surface area contributed by atoms with E-state index in [4.69, 9.17) is 0 Å². The van der Waals surface area contributed by atoms with Crippen LogP contribution in [0.3, 0.4) is 0 Å². The third kappa shape index (κ3) is 4.83. The summed E-state index contributed by atoms with van der Waals surface area (Å²) in [4.78, 5) is 16.6. The average Bonchev–Trinajstić information content (AvgIpc) is 3.15. The topological polar surface area (TPSA) is 53.4 Å². The highest BCUT2D eigenvalue weighted by Gasteiger charge is 2.32. The summed E-state index contributed by atoms with van der Waals surface area (Å²) in [6.07, 6.45) is -1.36. The molecule has 0 saturated carbocycles. The van der Waals surface area contributed by atoms with Crippen molar-refractivity contribution in [1.82, 2.24) is 19.6 Å². The molecule has 6 nitrogen and oxygen atoms in total. The van der Waals surface area contributed by atoms with Gasteiger partial charge in [-0.2, -0.15) is 18.3 Å². The third-order valence-corrected chi connectivity index (χ3v) is 4.60. The summed E-state index contributed by atoms with van der Waals surface area (Å²) in [6.45, 7) is 7.82.